The van der Waals surface area contributed by atoms with E-state index in [1.807, 2.05) is 17.2 Å². The third-order valence-corrected chi connectivity index (χ3v) is 5.01. The number of pyridine rings is 1. The normalized spacial score (nSPS) is 17.3. The summed E-state index contributed by atoms with van der Waals surface area (Å²) in [4.78, 5) is 30.9. The van der Waals surface area contributed by atoms with Gasteiger partial charge in [-0.05, 0) is 49.3 Å². The van der Waals surface area contributed by atoms with E-state index < -0.39 is 0 Å². The zero-order chi connectivity index (χ0) is 17.6. The van der Waals surface area contributed by atoms with E-state index in [2.05, 4.69) is 10.3 Å². The highest BCUT2D eigenvalue weighted by atomic mass is 32.2. The summed E-state index contributed by atoms with van der Waals surface area (Å²) in [5, 5.41) is 3.64. The molecule has 1 N–H and O–H groups in total. The minimum atomic E-state index is -0.217. The van der Waals surface area contributed by atoms with Crippen molar-refractivity contribution < 1.29 is 14.0 Å². The minimum absolute atomic E-state index is 0.0134. The SMILES string of the molecule is CSc1ncccc1C(=O)N1CCCC(CNC(=O)c2ccco2)C1. The van der Waals surface area contributed by atoms with Crippen LogP contribution in [0.4, 0.5) is 0 Å². The number of amides is 2. The van der Waals surface area contributed by atoms with Gasteiger partial charge in [-0.2, -0.15) is 0 Å². The molecule has 3 rings (SSSR count). The average Bonchev–Trinajstić information content (AvgIpc) is 3.20. The molecule has 1 aliphatic rings. The Hall–Kier alpha value is -2.28. The van der Waals surface area contributed by atoms with Crippen LogP contribution in [-0.4, -0.2) is 47.6 Å². The molecule has 3 heterocycles. The van der Waals surface area contributed by atoms with Gasteiger partial charge in [0.2, 0.25) is 0 Å². The van der Waals surface area contributed by atoms with Crippen molar-refractivity contribution in [3.63, 3.8) is 0 Å². The molecule has 132 valence electrons. The number of thioether (sulfide) groups is 1. The number of nitrogens with zero attached hydrogens (tertiary/aromatic N) is 2. The Balaban J connectivity index is 1.59. The Morgan fingerprint density at radius 2 is 2.28 bits per heavy atom. The maximum atomic E-state index is 12.8. The number of carbonyl (C=O) groups is 2. The first-order valence-corrected chi connectivity index (χ1v) is 9.51. The molecule has 0 saturated carbocycles. The largest absolute Gasteiger partial charge is 0.459 e. The number of carbonyl (C=O) groups excluding carboxylic acids is 2. The minimum Gasteiger partial charge on any atom is -0.459 e. The van der Waals surface area contributed by atoms with Gasteiger partial charge in [0.15, 0.2) is 5.76 Å². The number of aromatic nitrogens is 1. The van der Waals surface area contributed by atoms with Crippen LogP contribution in [-0.2, 0) is 0 Å². The van der Waals surface area contributed by atoms with Gasteiger partial charge in [-0.25, -0.2) is 4.98 Å². The molecular weight excluding hydrogens is 338 g/mol. The molecule has 6 nitrogen and oxygen atoms in total. The summed E-state index contributed by atoms with van der Waals surface area (Å²) in [7, 11) is 0. The van der Waals surface area contributed by atoms with Crippen LogP contribution in [0.25, 0.3) is 0 Å². The van der Waals surface area contributed by atoms with Crippen LogP contribution in [0, 0.1) is 5.92 Å². The average molecular weight is 359 g/mol. The van der Waals surface area contributed by atoms with E-state index in [1.54, 1.807) is 24.4 Å². The van der Waals surface area contributed by atoms with Gasteiger partial charge in [0.1, 0.15) is 5.03 Å². The highest BCUT2D eigenvalue weighted by molar-refractivity contribution is 7.98. The van der Waals surface area contributed by atoms with Crippen LogP contribution in [0.5, 0.6) is 0 Å². The summed E-state index contributed by atoms with van der Waals surface area (Å²) in [6.07, 6.45) is 7.02. The van der Waals surface area contributed by atoms with E-state index in [0.717, 1.165) is 24.4 Å². The van der Waals surface area contributed by atoms with E-state index >= 15 is 0 Å². The zero-order valence-electron chi connectivity index (χ0n) is 14.1. The maximum Gasteiger partial charge on any atom is 0.286 e. The third-order valence-electron chi connectivity index (χ3n) is 4.30. The molecule has 0 radical (unpaired) electrons. The van der Waals surface area contributed by atoms with Crippen molar-refractivity contribution in [2.24, 2.45) is 5.92 Å². The Morgan fingerprint density at radius 1 is 1.40 bits per heavy atom. The van der Waals surface area contributed by atoms with Crippen LogP contribution >= 0.6 is 11.8 Å². The quantitative estimate of drug-likeness (QED) is 0.831. The number of hydrogen-bond donors (Lipinski definition) is 1. The van der Waals surface area contributed by atoms with Gasteiger partial charge in [0, 0.05) is 25.8 Å². The Labute approximate surface area is 151 Å². The number of furan rings is 1. The van der Waals surface area contributed by atoms with Gasteiger partial charge in [0.25, 0.3) is 11.8 Å². The molecular formula is C18H21N3O3S. The predicted octanol–water partition coefficient (Wildman–Crippen LogP) is 2.68. The molecule has 1 saturated heterocycles. The predicted molar refractivity (Wildman–Crippen MR) is 95.7 cm³/mol. The fourth-order valence-electron chi connectivity index (χ4n) is 3.03. The topological polar surface area (TPSA) is 75.4 Å². The van der Waals surface area contributed by atoms with Gasteiger partial charge >= 0.3 is 0 Å². The van der Waals surface area contributed by atoms with E-state index in [-0.39, 0.29) is 17.7 Å². The molecule has 7 heteroatoms. The third kappa shape index (κ3) is 4.22. The lowest BCUT2D eigenvalue weighted by molar-refractivity contribution is 0.0665. The lowest BCUT2D eigenvalue weighted by Crippen LogP contribution is -2.43. The number of hydrogen-bond acceptors (Lipinski definition) is 5. The van der Waals surface area contributed by atoms with Crippen molar-refractivity contribution in [3.8, 4) is 0 Å². The lowest BCUT2D eigenvalue weighted by atomic mass is 9.97. The molecule has 25 heavy (non-hydrogen) atoms. The molecule has 1 aliphatic heterocycles. The second-order valence-corrected chi connectivity index (χ2v) is 6.80. The van der Waals surface area contributed by atoms with Gasteiger partial charge in [-0.3, -0.25) is 9.59 Å². The lowest BCUT2D eigenvalue weighted by Gasteiger charge is -2.33. The molecule has 0 aliphatic carbocycles. The van der Waals surface area contributed by atoms with Crippen molar-refractivity contribution in [2.45, 2.75) is 17.9 Å². The molecule has 2 amide bonds. The van der Waals surface area contributed by atoms with Crippen LogP contribution in [0.3, 0.4) is 0 Å². The number of rotatable bonds is 5. The summed E-state index contributed by atoms with van der Waals surface area (Å²) in [6, 6.07) is 6.94. The molecule has 2 aromatic rings. The molecule has 1 unspecified atom stereocenters. The van der Waals surface area contributed by atoms with Crippen molar-refractivity contribution >= 4 is 23.6 Å². The molecule has 1 fully saturated rings. The van der Waals surface area contributed by atoms with Gasteiger partial charge in [-0.1, -0.05) is 0 Å². The first kappa shape index (κ1) is 17.5. The molecule has 2 aromatic heterocycles. The Bertz CT molecular complexity index is 733. The van der Waals surface area contributed by atoms with Gasteiger partial charge in [0.05, 0.1) is 11.8 Å². The van der Waals surface area contributed by atoms with Crippen molar-refractivity contribution in [1.82, 2.24) is 15.2 Å². The summed E-state index contributed by atoms with van der Waals surface area (Å²) >= 11 is 1.48. The van der Waals surface area contributed by atoms with E-state index in [0.29, 0.717) is 24.4 Å². The van der Waals surface area contributed by atoms with Gasteiger partial charge < -0.3 is 14.6 Å². The standard InChI is InChI=1S/C18H21N3O3S/c1-25-17-14(6-2-8-19-17)18(23)21-9-3-5-13(12-21)11-20-16(22)15-7-4-10-24-15/h2,4,6-8,10,13H,3,5,9,11-12H2,1H3,(H,20,22). The smallest absolute Gasteiger partial charge is 0.286 e. The van der Waals surface area contributed by atoms with Crippen LogP contribution in [0.15, 0.2) is 46.2 Å². The second-order valence-electron chi connectivity index (χ2n) is 6.01. The van der Waals surface area contributed by atoms with Crippen LogP contribution < -0.4 is 5.32 Å². The highest BCUT2D eigenvalue weighted by Gasteiger charge is 2.26. The number of nitrogens with one attached hydrogen (secondary N) is 1. The fourth-order valence-corrected chi connectivity index (χ4v) is 3.58. The van der Waals surface area contributed by atoms with Crippen molar-refractivity contribution in [2.75, 3.05) is 25.9 Å². The number of piperidine rings is 1. The Kier molecular flexibility index (Phi) is 5.75. The van der Waals surface area contributed by atoms with Crippen molar-refractivity contribution in [3.05, 3.63) is 48.0 Å². The first-order valence-electron chi connectivity index (χ1n) is 8.29. The first-order chi connectivity index (χ1) is 12.2. The monoisotopic (exact) mass is 359 g/mol. The molecule has 0 bridgehead atoms. The maximum absolute atomic E-state index is 12.8. The van der Waals surface area contributed by atoms with Crippen LogP contribution in [0.2, 0.25) is 0 Å². The highest BCUT2D eigenvalue weighted by Crippen LogP contribution is 2.22. The summed E-state index contributed by atoms with van der Waals surface area (Å²) in [6.45, 7) is 1.91. The zero-order valence-corrected chi connectivity index (χ0v) is 14.9. The van der Waals surface area contributed by atoms with Crippen molar-refractivity contribution in [1.29, 1.82) is 0 Å². The number of likely N-dealkylation sites (tertiary alicyclic amines) is 1. The van der Waals surface area contributed by atoms with Crippen LogP contribution in [0.1, 0.15) is 33.8 Å². The fraction of sp³-hybridized carbons (Fsp3) is 0.389. The molecule has 0 spiro atoms. The molecule has 0 aromatic carbocycles. The summed E-state index contributed by atoms with van der Waals surface area (Å²) in [5.41, 5.74) is 0.648. The van der Waals surface area contributed by atoms with E-state index in [9.17, 15) is 9.59 Å². The van der Waals surface area contributed by atoms with E-state index in [1.165, 1.54) is 18.0 Å². The molecule has 1 atom stereocenters. The summed E-state index contributed by atoms with van der Waals surface area (Å²) in [5.74, 6) is 0.347. The Morgan fingerprint density at radius 3 is 3.04 bits per heavy atom. The van der Waals surface area contributed by atoms with Gasteiger partial charge in [-0.15, -0.1) is 11.8 Å². The summed E-state index contributed by atoms with van der Waals surface area (Å²) < 4.78 is 5.09. The van der Waals surface area contributed by atoms with E-state index in [4.69, 9.17) is 4.42 Å². The second kappa shape index (κ2) is 8.20.